The van der Waals surface area contributed by atoms with Crippen molar-refractivity contribution in [2.75, 3.05) is 0 Å². The maximum absolute atomic E-state index is 12.5. The highest BCUT2D eigenvalue weighted by Gasteiger charge is 2.29. The Hall–Kier alpha value is -2.56. The van der Waals surface area contributed by atoms with Gasteiger partial charge in [-0.15, -0.1) is 0 Å². The second-order valence-electron chi connectivity index (χ2n) is 6.41. The van der Waals surface area contributed by atoms with Crippen molar-refractivity contribution in [1.29, 1.82) is 0 Å². The van der Waals surface area contributed by atoms with Gasteiger partial charge in [-0.25, -0.2) is 4.79 Å². The molecule has 0 aliphatic rings. The molecule has 0 unspecified atom stereocenters. The van der Waals surface area contributed by atoms with E-state index in [2.05, 4.69) is 5.32 Å². The van der Waals surface area contributed by atoms with Gasteiger partial charge >= 0.3 is 5.97 Å². The van der Waals surface area contributed by atoms with Crippen LogP contribution in [0.15, 0.2) is 47.1 Å². The fourth-order valence-corrected chi connectivity index (χ4v) is 2.01. The Balaban J connectivity index is 2.25. The molecule has 2 aromatic rings. The quantitative estimate of drug-likeness (QED) is 0.878. The number of hydrogen-bond acceptors (Lipinski definition) is 4. The molecule has 0 saturated heterocycles. The number of furan rings is 1. The number of esters is 1. The van der Waals surface area contributed by atoms with Crippen LogP contribution in [0.2, 0.25) is 0 Å². The Morgan fingerprint density at radius 1 is 1.13 bits per heavy atom. The molecule has 2 rings (SSSR count). The topological polar surface area (TPSA) is 68.5 Å². The summed E-state index contributed by atoms with van der Waals surface area (Å²) in [5, 5.41) is 2.84. The van der Waals surface area contributed by atoms with Gasteiger partial charge in [0.2, 0.25) is 11.9 Å². The van der Waals surface area contributed by atoms with Gasteiger partial charge in [-0.1, -0.05) is 29.8 Å². The van der Waals surface area contributed by atoms with E-state index in [-0.39, 0.29) is 11.7 Å². The Morgan fingerprint density at radius 2 is 1.78 bits per heavy atom. The molecular weight excluding hydrogens is 294 g/mol. The second kappa shape index (κ2) is 6.69. The van der Waals surface area contributed by atoms with E-state index in [0.29, 0.717) is 5.56 Å². The number of rotatable bonds is 4. The van der Waals surface area contributed by atoms with Gasteiger partial charge in [0.1, 0.15) is 0 Å². The molecule has 1 aromatic carbocycles. The Kier molecular flexibility index (Phi) is 4.89. The van der Waals surface area contributed by atoms with E-state index in [1.165, 1.54) is 12.3 Å². The number of hydrogen-bond donors (Lipinski definition) is 1. The predicted octanol–water partition coefficient (Wildman–Crippen LogP) is 3.40. The molecular formula is C18H21NO4. The molecule has 1 heterocycles. The minimum Gasteiger partial charge on any atom is -0.457 e. The molecule has 0 fully saturated rings. The molecule has 0 spiro atoms. The lowest BCUT2D eigenvalue weighted by Crippen LogP contribution is -2.44. The molecule has 0 bridgehead atoms. The second-order valence-corrected chi connectivity index (χ2v) is 6.41. The molecule has 1 amide bonds. The lowest BCUT2D eigenvalue weighted by Gasteiger charge is -2.25. The van der Waals surface area contributed by atoms with Crippen molar-refractivity contribution < 1.29 is 18.7 Å². The average Bonchev–Trinajstić information content (AvgIpc) is 2.98. The first-order chi connectivity index (χ1) is 10.8. The highest BCUT2D eigenvalue weighted by Crippen LogP contribution is 2.21. The maximum atomic E-state index is 12.5. The van der Waals surface area contributed by atoms with Crippen LogP contribution in [0.1, 0.15) is 48.6 Å². The van der Waals surface area contributed by atoms with Gasteiger partial charge in [0.25, 0.3) is 5.91 Å². The van der Waals surface area contributed by atoms with Crippen LogP contribution in [0.3, 0.4) is 0 Å². The standard InChI is InChI=1S/C18H21NO4/c1-12-7-9-13(10-8-12)15(16(20)19-18(2,3)4)23-17(21)14-6-5-11-22-14/h5-11,15H,1-4H3,(H,19,20)/t15-/m1/s1. The third-order valence-electron chi connectivity index (χ3n) is 3.06. The Morgan fingerprint density at radius 3 is 2.30 bits per heavy atom. The molecule has 23 heavy (non-hydrogen) atoms. The Labute approximate surface area is 135 Å². The van der Waals surface area contributed by atoms with Gasteiger partial charge in [0.05, 0.1) is 6.26 Å². The summed E-state index contributed by atoms with van der Waals surface area (Å²) in [5.74, 6) is -0.989. The largest absolute Gasteiger partial charge is 0.457 e. The van der Waals surface area contributed by atoms with Crippen molar-refractivity contribution in [2.45, 2.75) is 39.3 Å². The van der Waals surface area contributed by atoms with Gasteiger partial charge < -0.3 is 14.5 Å². The van der Waals surface area contributed by atoms with Gasteiger partial charge in [-0.3, -0.25) is 4.79 Å². The van der Waals surface area contributed by atoms with Gasteiger partial charge in [-0.2, -0.15) is 0 Å². The summed E-state index contributed by atoms with van der Waals surface area (Å²) in [4.78, 5) is 24.7. The van der Waals surface area contributed by atoms with Crippen LogP contribution in [0, 0.1) is 6.92 Å². The first kappa shape index (κ1) is 16.8. The third-order valence-corrected chi connectivity index (χ3v) is 3.06. The third kappa shape index (κ3) is 4.71. The first-order valence-corrected chi connectivity index (χ1v) is 7.39. The molecule has 1 N–H and O–H groups in total. The zero-order valence-corrected chi connectivity index (χ0v) is 13.8. The molecule has 0 aliphatic heterocycles. The predicted molar refractivity (Wildman–Crippen MR) is 85.9 cm³/mol. The SMILES string of the molecule is Cc1ccc([C@@H](OC(=O)c2ccco2)C(=O)NC(C)(C)C)cc1. The van der Waals surface area contributed by atoms with Crippen LogP contribution in [0.4, 0.5) is 0 Å². The summed E-state index contributed by atoms with van der Waals surface area (Å²) in [5.41, 5.74) is 1.23. The van der Waals surface area contributed by atoms with Crippen LogP contribution in [0.5, 0.6) is 0 Å². The van der Waals surface area contributed by atoms with E-state index in [0.717, 1.165) is 5.56 Å². The smallest absolute Gasteiger partial charge is 0.375 e. The minimum absolute atomic E-state index is 0.0608. The number of ether oxygens (including phenoxy) is 1. The molecule has 1 atom stereocenters. The van der Waals surface area contributed by atoms with Crippen LogP contribution >= 0.6 is 0 Å². The summed E-state index contributed by atoms with van der Waals surface area (Å²) in [6.07, 6.45) is 0.347. The van der Waals surface area contributed by atoms with E-state index in [9.17, 15) is 9.59 Å². The summed E-state index contributed by atoms with van der Waals surface area (Å²) in [7, 11) is 0. The lowest BCUT2D eigenvalue weighted by atomic mass is 10.0. The summed E-state index contributed by atoms with van der Waals surface area (Å²) < 4.78 is 10.4. The number of carbonyl (C=O) groups is 2. The van der Waals surface area contributed by atoms with Crippen molar-refractivity contribution in [3.8, 4) is 0 Å². The Bertz CT molecular complexity index is 666. The van der Waals surface area contributed by atoms with Crippen LogP contribution in [0.25, 0.3) is 0 Å². The average molecular weight is 315 g/mol. The number of benzene rings is 1. The zero-order valence-electron chi connectivity index (χ0n) is 13.8. The van der Waals surface area contributed by atoms with Gasteiger partial charge in [0.15, 0.2) is 0 Å². The fourth-order valence-electron chi connectivity index (χ4n) is 2.01. The van der Waals surface area contributed by atoms with E-state index in [1.807, 2.05) is 39.8 Å². The molecule has 0 saturated carbocycles. The fraction of sp³-hybridized carbons (Fsp3) is 0.333. The van der Waals surface area contributed by atoms with Crippen LogP contribution in [-0.2, 0) is 9.53 Å². The molecule has 5 nitrogen and oxygen atoms in total. The van der Waals surface area contributed by atoms with Crippen LogP contribution < -0.4 is 5.32 Å². The van der Waals surface area contributed by atoms with Crippen molar-refractivity contribution in [3.05, 3.63) is 59.5 Å². The number of carbonyl (C=O) groups excluding carboxylic acids is 2. The van der Waals surface area contributed by atoms with E-state index in [4.69, 9.17) is 9.15 Å². The normalized spacial score (nSPS) is 12.5. The summed E-state index contributed by atoms with van der Waals surface area (Å²) in [6.45, 7) is 7.55. The van der Waals surface area contributed by atoms with E-state index < -0.39 is 17.6 Å². The maximum Gasteiger partial charge on any atom is 0.375 e. The van der Waals surface area contributed by atoms with Crippen molar-refractivity contribution in [3.63, 3.8) is 0 Å². The minimum atomic E-state index is -1.03. The molecule has 122 valence electrons. The van der Waals surface area contributed by atoms with Crippen molar-refractivity contribution in [2.24, 2.45) is 0 Å². The monoisotopic (exact) mass is 315 g/mol. The van der Waals surface area contributed by atoms with Gasteiger partial charge in [0, 0.05) is 11.1 Å². The summed E-state index contributed by atoms with van der Waals surface area (Å²) in [6, 6.07) is 10.4. The van der Waals surface area contributed by atoms with E-state index >= 15 is 0 Å². The lowest BCUT2D eigenvalue weighted by molar-refractivity contribution is -0.131. The zero-order chi connectivity index (χ0) is 17.0. The number of aryl methyl sites for hydroxylation is 1. The first-order valence-electron chi connectivity index (χ1n) is 7.39. The van der Waals surface area contributed by atoms with Crippen molar-refractivity contribution in [1.82, 2.24) is 5.32 Å². The van der Waals surface area contributed by atoms with Crippen molar-refractivity contribution >= 4 is 11.9 Å². The van der Waals surface area contributed by atoms with E-state index in [1.54, 1.807) is 18.2 Å². The highest BCUT2D eigenvalue weighted by atomic mass is 16.6. The number of amides is 1. The highest BCUT2D eigenvalue weighted by molar-refractivity contribution is 5.90. The summed E-state index contributed by atoms with van der Waals surface area (Å²) >= 11 is 0. The molecule has 5 heteroatoms. The molecule has 0 aliphatic carbocycles. The molecule has 1 aromatic heterocycles. The number of nitrogens with one attached hydrogen (secondary N) is 1. The van der Waals surface area contributed by atoms with Gasteiger partial charge in [-0.05, 0) is 39.8 Å². The molecule has 0 radical (unpaired) electrons. The van der Waals surface area contributed by atoms with Crippen LogP contribution in [-0.4, -0.2) is 17.4 Å².